The second-order valence-electron chi connectivity index (χ2n) is 5.83. The molecule has 1 aliphatic heterocycles. The van der Waals surface area contributed by atoms with Crippen LogP contribution in [0.15, 0.2) is 18.2 Å². The van der Waals surface area contributed by atoms with E-state index in [1.165, 1.54) is 0 Å². The van der Waals surface area contributed by atoms with Crippen LogP contribution in [0.5, 0.6) is 0 Å². The van der Waals surface area contributed by atoms with E-state index in [1.807, 2.05) is 36.0 Å². The number of hydrogen-bond acceptors (Lipinski definition) is 4. The summed E-state index contributed by atoms with van der Waals surface area (Å²) in [4.78, 5) is 18.5. The van der Waals surface area contributed by atoms with E-state index in [0.29, 0.717) is 17.3 Å². The fraction of sp³-hybridized carbons (Fsp3) is 0.533. The predicted molar refractivity (Wildman–Crippen MR) is 83.2 cm³/mol. The van der Waals surface area contributed by atoms with Crippen molar-refractivity contribution in [2.24, 2.45) is 0 Å². The van der Waals surface area contributed by atoms with Crippen molar-refractivity contribution in [2.45, 2.75) is 12.5 Å². The van der Waals surface area contributed by atoms with Crippen LogP contribution < -0.4 is 10.6 Å². The van der Waals surface area contributed by atoms with Crippen molar-refractivity contribution >= 4 is 17.3 Å². The Morgan fingerprint density at radius 3 is 2.50 bits per heavy atom. The molecule has 20 heavy (non-hydrogen) atoms. The summed E-state index contributed by atoms with van der Waals surface area (Å²) in [5.74, 6) is 0.0753. The van der Waals surface area contributed by atoms with E-state index in [4.69, 9.17) is 5.73 Å². The monoisotopic (exact) mass is 276 g/mol. The third kappa shape index (κ3) is 2.88. The van der Waals surface area contributed by atoms with Gasteiger partial charge in [0, 0.05) is 38.8 Å². The van der Waals surface area contributed by atoms with Crippen molar-refractivity contribution in [3.8, 4) is 0 Å². The van der Waals surface area contributed by atoms with E-state index in [0.717, 1.165) is 25.2 Å². The zero-order valence-electron chi connectivity index (χ0n) is 12.8. The Balaban J connectivity index is 2.12. The van der Waals surface area contributed by atoms with Gasteiger partial charge in [0.25, 0.3) is 5.91 Å². The van der Waals surface area contributed by atoms with Gasteiger partial charge in [-0.2, -0.15) is 0 Å². The minimum absolute atomic E-state index is 0.0753. The molecule has 1 aromatic carbocycles. The Labute approximate surface area is 120 Å². The van der Waals surface area contributed by atoms with Crippen LogP contribution in [-0.4, -0.2) is 63.0 Å². The second-order valence-corrected chi connectivity index (χ2v) is 5.83. The molecule has 0 saturated carbocycles. The van der Waals surface area contributed by atoms with Gasteiger partial charge in [0.2, 0.25) is 0 Å². The van der Waals surface area contributed by atoms with Gasteiger partial charge in [0.15, 0.2) is 0 Å². The summed E-state index contributed by atoms with van der Waals surface area (Å²) in [6.07, 6.45) is 1.03. The normalized spacial score (nSPS) is 18.6. The van der Waals surface area contributed by atoms with Gasteiger partial charge >= 0.3 is 0 Å². The van der Waals surface area contributed by atoms with E-state index in [9.17, 15) is 4.79 Å². The number of likely N-dealkylation sites (N-methyl/N-ethyl adjacent to an activating group) is 1. The SMILES string of the molecule is CN(C)c1ccc(C(=O)N2CCC(N(C)C)C2)cc1N. The third-order valence-electron chi connectivity index (χ3n) is 3.94. The molecule has 5 heteroatoms. The molecule has 2 rings (SSSR count). The Kier molecular flexibility index (Phi) is 4.18. The summed E-state index contributed by atoms with van der Waals surface area (Å²) >= 11 is 0. The van der Waals surface area contributed by atoms with Gasteiger partial charge in [-0.05, 0) is 38.7 Å². The van der Waals surface area contributed by atoms with Gasteiger partial charge in [-0.1, -0.05) is 0 Å². The van der Waals surface area contributed by atoms with Crippen molar-refractivity contribution in [1.82, 2.24) is 9.80 Å². The van der Waals surface area contributed by atoms with Crippen molar-refractivity contribution in [3.63, 3.8) is 0 Å². The number of nitrogens with two attached hydrogens (primary N) is 1. The summed E-state index contributed by atoms with van der Waals surface area (Å²) in [6.45, 7) is 1.61. The number of likely N-dealkylation sites (tertiary alicyclic amines) is 1. The molecule has 0 aromatic heterocycles. The molecular formula is C15H24N4O. The van der Waals surface area contributed by atoms with Gasteiger partial charge in [-0.3, -0.25) is 4.79 Å². The standard InChI is InChI=1S/C15H24N4O/c1-17(2)12-7-8-19(10-12)15(20)11-5-6-14(18(3)4)13(16)9-11/h5-6,9,12H,7-8,10,16H2,1-4H3. The van der Waals surface area contributed by atoms with Gasteiger partial charge in [-0.15, -0.1) is 0 Å². The Hall–Kier alpha value is -1.75. The highest BCUT2D eigenvalue weighted by Gasteiger charge is 2.28. The quantitative estimate of drug-likeness (QED) is 0.840. The van der Waals surface area contributed by atoms with Crippen LogP contribution in [0.4, 0.5) is 11.4 Å². The number of nitrogens with zero attached hydrogens (tertiary/aromatic N) is 3. The van der Waals surface area contributed by atoms with Gasteiger partial charge < -0.3 is 20.4 Å². The molecule has 1 unspecified atom stereocenters. The summed E-state index contributed by atoms with van der Waals surface area (Å²) in [7, 11) is 8.00. The van der Waals surface area contributed by atoms with E-state index >= 15 is 0 Å². The van der Waals surface area contributed by atoms with E-state index in [-0.39, 0.29) is 5.91 Å². The zero-order chi connectivity index (χ0) is 14.9. The second kappa shape index (κ2) is 5.71. The van der Waals surface area contributed by atoms with Gasteiger partial charge in [0.05, 0.1) is 11.4 Å². The number of anilines is 2. The van der Waals surface area contributed by atoms with E-state index < -0.39 is 0 Å². The molecule has 1 atom stereocenters. The molecule has 0 spiro atoms. The minimum atomic E-state index is 0.0753. The molecule has 1 aromatic rings. The number of amides is 1. The van der Waals surface area contributed by atoms with Crippen molar-refractivity contribution in [3.05, 3.63) is 23.8 Å². The predicted octanol–water partition coefficient (Wildman–Crippen LogP) is 1.11. The lowest BCUT2D eigenvalue weighted by Gasteiger charge is -2.21. The molecule has 1 saturated heterocycles. The molecule has 0 bridgehead atoms. The maximum atomic E-state index is 12.5. The molecule has 2 N–H and O–H groups in total. The van der Waals surface area contributed by atoms with E-state index in [1.54, 1.807) is 6.07 Å². The van der Waals surface area contributed by atoms with Crippen LogP contribution in [0.3, 0.4) is 0 Å². The average molecular weight is 276 g/mol. The van der Waals surface area contributed by atoms with Crippen LogP contribution in [0.2, 0.25) is 0 Å². The minimum Gasteiger partial charge on any atom is -0.397 e. The Morgan fingerprint density at radius 1 is 1.30 bits per heavy atom. The summed E-state index contributed by atoms with van der Waals surface area (Å²) in [5, 5.41) is 0. The number of nitrogen functional groups attached to an aromatic ring is 1. The molecular weight excluding hydrogens is 252 g/mol. The van der Waals surface area contributed by atoms with Crippen LogP contribution >= 0.6 is 0 Å². The van der Waals surface area contributed by atoms with Crippen LogP contribution in [0.1, 0.15) is 16.8 Å². The van der Waals surface area contributed by atoms with Crippen LogP contribution in [0.25, 0.3) is 0 Å². The van der Waals surface area contributed by atoms with Crippen molar-refractivity contribution < 1.29 is 4.79 Å². The molecule has 0 radical (unpaired) electrons. The molecule has 1 heterocycles. The third-order valence-corrected chi connectivity index (χ3v) is 3.94. The van der Waals surface area contributed by atoms with Gasteiger partial charge in [0.1, 0.15) is 0 Å². The van der Waals surface area contributed by atoms with Crippen LogP contribution in [-0.2, 0) is 0 Å². The Morgan fingerprint density at radius 2 is 2.00 bits per heavy atom. The first-order valence-electron chi connectivity index (χ1n) is 6.92. The average Bonchev–Trinajstić information content (AvgIpc) is 2.87. The molecule has 1 amide bonds. The first-order chi connectivity index (χ1) is 9.40. The highest BCUT2D eigenvalue weighted by atomic mass is 16.2. The maximum Gasteiger partial charge on any atom is 0.253 e. The fourth-order valence-electron chi connectivity index (χ4n) is 2.63. The molecule has 0 aliphatic carbocycles. The van der Waals surface area contributed by atoms with Crippen molar-refractivity contribution in [1.29, 1.82) is 0 Å². The lowest BCUT2D eigenvalue weighted by molar-refractivity contribution is 0.0783. The zero-order valence-corrected chi connectivity index (χ0v) is 12.8. The van der Waals surface area contributed by atoms with E-state index in [2.05, 4.69) is 19.0 Å². The number of benzene rings is 1. The summed E-state index contributed by atoms with van der Waals surface area (Å²) in [5.41, 5.74) is 8.27. The molecule has 110 valence electrons. The number of carbonyl (C=O) groups excluding carboxylic acids is 1. The topological polar surface area (TPSA) is 52.8 Å². The Bertz CT molecular complexity index is 499. The maximum absolute atomic E-state index is 12.5. The first kappa shape index (κ1) is 14.7. The smallest absolute Gasteiger partial charge is 0.253 e. The largest absolute Gasteiger partial charge is 0.397 e. The molecule has 1 aliphatic rings. The highest BCUT2D eigenvalue weighted by Crippen LogP contribution is 2.24. The number of carbonyl (C=O) groups is 1. The lowest BCUT2D eigenvalue weighted by atomic mass is 10.1. The molecule has 5 nitrogen and oxygen atoms in total. The fourth-order valence-corrected chi connectivity index (χ4v) is 2.63. The van der Waals surface area contributed by atoms with Crippen LogP contribution in [0, 0.1) is 0 Å². The lowest BCUT2D eigenvalue weighted by Crippen LogP contribution is -2.34. The first-order valence-corrected chi connectivity index (χ1v) is 6.92. The number of hydrogen-bond donors (Lipinski definition) is 1. The summed E-state index contributed by atoms with van der Waals surface area (Å²) in [6, 6.07) is 6.00. The summed E-state index contributed by atoms with van der Waals surface area (Å²) < 4.78 is 0. The highest BCUT2D eigenvalue weighted by molar-refractivity contribution is 5.96. The van der Waals surface area contributed by atoms with Gasteiger partial charge in [-0.25, -0.2) is 0 Å². The number of rotatable bonds is 3. The molecule has 1 fully saturated rings. The van der Waals surface area contributed by atoms with Crippen molar-refractivity contribution in [2.75, 3.05) is 51.9 Å².